The zero-order valence-corrected chi connectivity index (χ0v) is 10.5. The van der Waals surface area contributed by atoms with Crippen LogP contribution in [0.1, 0.15) is 25.8 Å². The van der Waals surface area contributed by atoms with Crippen LogP contribution >= 0.6 is 0 Å². The van der Waals surface area contributed by atoms with Crippen LogP contribution in [0.3, 0.4) is 0 Å². The molecule has 0 heterocycles. The maximum atomic E-state index is 11.0. The number of hydrogen-bond donors (Lipinski definition) is 1. The molecule has 7 heteroatoms. The molecule has 0 amide bonds. The molecular weight excluding hydrogens is 238 g/mol. The fourth-order valence-electron chi connectivity index (χ4n) is 1.53. The van der Waals surface area contributed by atoms with E-state index in [0.717, 1.165) is 0 Å². The third kappa shape index (κ3) is 2.93. The average Bonchev–Trinajstić information content (AvgIpc) is 2.29. The molecule has 1 N–H and O–H groups in total. The predicted molar refractivity (Wildman–Crippen MR) is 67.9 cm³/mol. The average molecular weight is 253 g/mol. The van der Waals surface area contributed by atoms with Crippen LogP contribution in [0, 0.1) is 27.2 Å². The molecule has 0 aliphatic rings. The van der Waals surface area contributed by atoms with E-state index in [-0.39, 0.29) is 23.1 Å². The van der Waals surface area contributed by atoms with Gasteiger partial charge in [-0.25, -0.2) is 0 Å². The Morgan fingerprint density at radius 3 is 2.00 bits per heavy atom. The topological polar surface area (TPSA) is 98.3 Å². The van der Waals surface area contributed by atoms with E-state index in [0.29, 0.717) is 12.0 Å². The summed E-state index contributed by atoms with van der Waals surface area (Å²) in [6.45, 7) is 5.30. The number of rotatable bonds is 5. The molecule has 0 unspecified atom stereocenters. The number of nitrogens with one attached hydrogen (secondary N) is 1. The second-order valence-electron chi connectivity index (χ2n) is 4.15. The molecule has 7 nitrogen and oxygen atoms in total. The van der Waals surface area contributed by atoms with Gasteiger partial charge in [0.05, 0.1) is 9.85 Å². The van der Waals surface area contributed by atoms with Crippen LogP contribution in [0.15, 0.2) is 12.1 Å². The second-order valence-corrected chi connectivity index (χ2v) is 4.15. The first-order chi connectivity index (χ1) is 8.36. The van der Waals surface area contributed by atoms with Crippen molar-refractivity contribution in [3.63, 3.8) is 0 Å². The minimum Gasteiger partial charge on any atom is -0.371 e. The highest BCUT2D eigenvalue weighted by atomic mass is 16.6. The highest BCUT2D eigenvalue weighted by Gasteiger charge is 2.26. The summed E-state index contributed by atoms with van der Waals surface area (Å²) in [6.07, 6.45) is 0.711. The van der Waals surface area contributed by atoms with Crippen LogP contribution in [0.5, 0.6) is 0 Å². The molecule has 0 aliphatic heterocycles. The van der Waals surface area contributed by atoms with Gasteiger partial charge in [0.2, 0.25) is 0 Å². The van der Waals surface area contributed by atoms with Crippen molar-refractivity contribution < 1.29 is 9.85 Å². The molecule has 98 valence electrons. The smallest absolute Gasteiger partial charge is 0.299 e. The van der Waals surface area contributed by atoms with E-state index in [1.54, 1.807) is 6.92 Å². The van der Waals surface area contributed by atoms with Gasteiger partial charge in [-0.05, 0) is 25.8 Å². The molecule has 0 aromatic heterocycles. The lowest BCUT2D eigenvalue weighted by molar-refractivity contribution is -0.392. The Morgan fingerprint density at radius 2 is 1.67 bits per heavy atom. The Labute approximate surface area is 104 Å². The van der Waals surface area contributed by atoms with Crippen LogP contribution < -0.4 is 5.32 Å². The van der Waals surface area contributed by atoms with Gasteiger partial charge in [0.1, 0.15) is 0 Å². The quantitative estimate of drug-likeness (QED) is 0.642. The lowest BCUT2D eigenvalue weighted by Gasteiger charge is -2.13. The van der Waals surface area contributed by atoms with Crippen LogP contribution in [0.2, 0.25) is 0 Å². The summed E-state index contributed by atoms with van der Waals surface area (Å²) in [4.78, 5) is 20.7. The van der Waals surface area contributed by atoms with E-state index in [1.165, 1.54) is 12.1 Å². The van der Waals surface area contributed by atoms with E-state index >= 15 is 0 Å². The molecule has 1 rings (SSSR count). The van der Waals surface area contributed by atoms with Gasteiger partial charge >= 0.3 is 0 Å². The zero-order valence-electron chi connectivity index (χ0n) is 10.5. The van der Waals surface area contributed by atoms with Crippen molar-refractivity contribution >= 4 is 17.1 Å². The lowest BCUT2D eigenvalue weighted by Crippen LogP contribution is -2.16. The third-order valence-electron chi connectivity index (χ3n) is 2.64. The van der Waals surface area contributed by atoms with Crippen LogP contribution in [0.25, 0.3) is 0 Å². The first-order valence-electron chi connectivity index (χ1n) is 5.56. The number of anilines is 1. The highest BCUT2D eigenvalue weighted by Crippen LogP contribution is 2.36. The molecule has 1 atom stereocenters. The van der Waals surface area contributed by atoms with Crippen molar-refractivity contribution in [3.05, 3.63) is 37.9 Å². The fraction of sp³-hybridized carbons (Fsp3) is 0.455. The lowest BCUT2D eigenvalue weighted by atomic mass is 10.1. The number of aryl methyl sites for hydroxylation is 1. The van der Waals surface area contributed by atoms with Gasteiger partial charge in [-0.3, -0.25) is 20.2 Å². The number of nitro benzene ring substituents is 2. The van der Waals surface area contributed by atoms with E-state index in [9.17, 15) is 20.2 Å². The van der Waals surface area contributed by atoms with E-state index in [1.807, 2.05) is 13.8 Å². The van der Waals surface area contributed by atoms with E-state index < -0.39 is 9.85 Å². The summed E-state index contributed by atoms with van der Waals surface area (Å²) >= 11 is 0. The van der Waals surface area contributed by atoms with Gasteiger partial charge in [0.15, 0.2) is 5.69 Å². The first-order valence-corrected chi connectivity index (χ1v) is 5.56. The Kier molecular flexibility index (Phi) is 4.19. The van der Waals surface area contributed by atoms with Gasteiger partial charge < -0.3 is 5.32 Å². The Hall–Kier alpha value is -2.18. The van der Waals surface area contributed by atoms with Crippen molar-refractivity contribution in [1.82, 2.24) is 0 Å². The molecule has 0 fully saturated rings. The number of nitrogens with zero attached hydrogens (tertiary/aromatic N) is 2. The van der Waals surface area contributed by atoms with Gasteiger partial charge in [-0.15, -0.1) is 0 Å². The van der Waals surface area contributed by atoms with Crippen LogP contribution in [-0.2, 0) is 0 Å². The van der Waals surface area contributed by atoms with Crippen molar-refractivity contribution in [2.45, 2.75) is 33.2 Å². The first kappa shape index (κ1) is 13.9. The summed E-state index contributed by atoms with van der Waals surface area (Å²) in [6, 6.07) is 2.58. The van der Waals surface area contributed by atoms with Gasteiger partial charge in [0.25, 0.3) is 11.4 Å². The summed E-state index contributed by atoms with van der Waals surface area (Å²) in [5.74, 6) is 0. The largest absolute Gasteiger partial charge is 0.371 e. The van der Waals surface area contributed by atoms with Gasteiger partial charge in [-0.2, -0.15) is 0 Å². The molecule has 0 saturated carbocycles. The molecule has 0 saturated heterocycles. The molecule has 1 aromatic carbocycles. The van der Waals surface area contributed by atoms with E-state index in [4.69, 9.17) is 0 Å². The zero-order chi connectivity index (χ0) is 13.9. The third-order valence-corrected chi connectivity index (χ3v) is 2.64. The minimum atomic E-state index is -0.606. The molecule has 1 aromatic rings. The number of benzene rings is 1. The van der Waals surface area contributed by atoms with Gasteiger partial charge in [0, 0.05) is 18.2 Å². The number of nitro groups is 2. The summed E-state index contributed by atoms with van der Waals surface area (Å²) in [5, 5.41) is 24.8. The van der Waals surface area contributed by atoms with Gasteiger partial charge in [-0.1, -0.05) is 6.92 Å². The Bertz CT molecular complexity index is 452. The fourth-order valence-corrected chi connectivity index (χ4v) is 1.53. The molecule has 0 aliphatic carbocycles. The summed E-state index contributed by atoms with van der Waals surface area (Å²) in [5.41, 5.74) is -0.0583. The Morgan fingerprint density at radius 1 is 1.22 bits per heavy atom. The van der Waals surface area contributed by atoms with Crippen LogP contribution in [0.4, 0.5) is 17.1 Å². The second kappa shape index (κ2) is 5.44. The van der Waals surface area contributed by atoms with E-state index in [2.05, 4.69) is 5.32 Å². The standard InChI is InChI=1S/C11H15N3O4/c1-4-8(3)12-11-9(13(15)16)5-7(2)6-10(11)14(17)18/h5-6,8,12H,4H2,1-3H3/t8-/m1/s1. The van der Waals surface area contributed by atoms with Crippen molar-refractivity contribution in [2.24, 2.45) is 0 Å². The van der Waals surface area contributed by atoms with Crippen molar-refractivity contribution in [3.8, 4) is 0 Å². The molecular formula is C11H15N3O4. The molecule has 0 spiro atoms. The predicted octanol–water partition coefficient (Wildman–Crippen LogP) is 3.02. The normalized spacial score (nSPS) is 11.9. The van der Waals surface area contributed by atoms with Crippen molar-refractivity contribution in [2.75, 3.05) is 5.32 Å². The monoisotopic (exact) mass is 253 g/mol. The highest BCUT2D eigenvalue weighted by molar-refractivity contribution is 5.75. The molecule has 0 bridgehead atoms. The summed E-state index contributed by atoms with van der Waals surface area (Å²) in [7, 11) is 0. The van der Waals surface area contributed by atoms with Crippen LogP contribution in [-0.4, -0.2) is 15.9 Å². The van der Waals surface area contributed by atoms with Crippen molar-refractivity contribution in [1.29, 1.82) is 0 Å². The summed E-state index contributed by atoms with van der Waals surface area (Å²) < 4.78 is 0. The Balaban J connectivity index is 3.40. The maximum absolute atomic E-state index is 11.0. The molecule has 0 radical (unpaired) electrons. The SMILES string of the molecule is CC[C@@H](C)Nc1c([N+](=O)[O-])cc(C)cc1[N+](=O)[O-]. The number of hydrogen-bond acceptors (Lipinski definition) is 5. The minimum absolute atomic E-state index is 0.0232. The molecule has 18 heavy (non-hydrogen) atoms. The maximum Gasteiger partial charge on any atom is 0.299 e.